The third-order valence-corrected chi connectivity index (χ3v) is 3.77. The third kappa shape index (κ3) is 5.30. The van der Waals surface area contributed by atoms with Crippen molar-refractivity contribution in [3.8, 4) is 5.75 Å². The van der Waals surface area contributed by atoms with E-state index in [1.807, 2.05) is 14.1 Å². The van der Waals surface area contributed by atoms with Gasteiger partial charge in [-0.15, -0.1) is 0 Å². The second kappa shape index (κ2) is 8.37. The van der Waals surface area contributed by atoms with Crippen molar-refractivity contribution < 1.29 is 9.53 Å². The van der Waals surface area contributed by atoms with Gasteiger partial charge in [-0.1, -0.05) is 18.5 Å². The van der Waals surface area contributed by atoms with Crippen LogP contribution in [-0.2, 0) is 0 Å². The molecule has 0 aliphatic rings. The van der Waals surface area contributed by atoms with Crippen LogP contribution in [0.1, 0.15) is 24.2 Å². The number of Topliss-reactive ketones (excluding diaryl/α,β-unsaturated/α-hetero) is 1. The molecule has 1 aromatic rings. The van der Waals surface area contributed by atoms with E-state index in [9.17, 15) is 4.79 Å². The van der Waals surface area contributed by atoms with E-state index in [1.165, 1.54) is 0 Å². The van der Waals surface area contributed by atoms with Crippen LogP contribution < -0.4 is 4.74 Å². The van der Waals surface area contributed by atoms with E-state index in [0.717, 1.165) is 13.1 Å². The fraction of sp³-hybridized carbons (Fsp3) is 0.562. The Labute approximate surface area is 132 Å². The van der Waals surface area contributed by atoms with Gasteiger partial charge >= 0.3 is 0 Å². The number of hydrogen-bond acceptors (Lipinski definition) is 4. The summed E-state index contributed by atoms with van der Waals surface area (Å²) in [5.74, 6) is 0.661. The lowest BCUT2D eigenvalue weighted by molar-refractivity contribution is 0.0888. The zero-order valence-corrected chi connectivity index (χ0v) is 14.3. The summed E-state index contributed by atoms with van der Waals surface area (Å²) in [7, 11) is 5.63. The maximum atomic E-state index is 12.4. The van der Waals surface area contributed by atoms with Crippen molar-refractivity contribution in [1.29, 1.82) is 0 Å². The SMILES string of the molecule is CCN(CC(=O)c1ccc(OC)c(Cl)c1)C(C)CN(C)C. The summed E-state index contributed by atoms with van der Waals surface area (Å²) < 4.78 is 5.10. The predicted molar refractivity (Wildman–Crippen MR) is 87.6 cm³/mol. The van der Waals surface area contributed by atoms with Crippen LogP contribution in [0.2, 0.25) is 5.02 Å². The number of likely N-dealkylation sites (N-methyl/N-ethyl adjacent to an activating group) is 2. The van der Waals surface area contributed by atoms with E-state index < -0.39 is 0 Å². The first-order valence-electron chi connectivity index (χ1n) is 7.14. The molecular formula is C16H25ClN2O2. The average Bonchev–Trinajstić information content (AvgIpc) is 2.43. The number of halogens is 1. The molecule has 0 amide bonds. The number of ketones is 1. The topological polar surface area (TPSA) is 32.8 Å². The Balaban J connectivity index is 2.76. The van der Waals surface area contributed by atoms with Gasteiger partial charge in [0, 0.05) is 18.2 Å². The summed E-state index contributed by atoms with van der Waals surface area (Å²) in [5.41, 5.74) is 0.622. The van der Waals surface area contributed by atoms with Gasteiger partial charge in [-0.3, -0.25) is 9.69 Å². The van der Waals surface area contributed by atoms with E-state index in [4.69, 9.17) is 16.3 Å². The molecule has 1 unspecified atom stereocenters. The van der Waals surface area contributed by atoms with Crippen LogP contribution >= 0.6 is 11.6 Å². The minimum Gasteiger partial charge on any atom is -0.495 e. The van der Waals surface area contributed by atoms with Gasteiger partial charge in [-0.25, -0.2) is 0 Å². The smallest absolute Gasteiger partial charge is 0.176 e. The van der Waals surface area contributed by atoms with Gasteiger partial charge < -0.3 is 9.64 Å². The number of carbonyl (C=O) groups is 1. The number of carbonyl (C=O) groups excluding carboxylic acids is 1. The van der Waals surface area contributed by atoms with Gasteiger partial charge in [0.15, 0.2) is 5.78 Å². The van der Waals surface area contributed by atoms with Gasteiger partial charge in [0.25, 0.3) is 0 Å². The van der Waals surface area contributed by atoms with Gasteiger partial charge in [0.05, 0.1) is 18.7 Å². The monoisotopic (exact) mass is 312 g/mol. The molecule has 0 aromatic heterocycles. The maximum absolute atomic E-state index is 12.4. The zero-order valence-electron chi connectivity index (χ0n) is 13.5. The summed E-state index contributed by atoms with van der Waals surface area (Å²) in [4.78, 5) is 16.7. The van der Waals surface area contributed by atoms with E-state index in [-0.39, 0.29) is 5.78 Å². The number of ether oxygens (including phenoxy) is 1. The molecule has 0 spiro atoms. The third-order valence-electron chi connectivity index (χ3n) is 3.48. The Bertz CT molecular complexity index is 477. The molecule has 1 atom stereocenters. The van der Waals surface area contributed by atoms with E-state index in [1.54, 1.807) is 25.3 Å². The number of benzene rings is 1. The highest BCUT2D eigenvalue weighted by Gasteiger charge is 2.18. The summed E-state index contributed by atoms with van der Waals surface area (Å²) in [5, 5.41) is 0.465. The van der Waals surface area contributed by atoms with Crippen LogP contribution in [-0.4, -0.2) is 62.5 Å². The summed E-state index contributed by atoms with van der Waals surface area (Å²) in [6.07, 6.45) is 0. The van der Waals surface area contributed by atoms with E-state index in [2.05, 4.69) is 23.6 Å². The van der Waals surface area contributed by atoms with Gasteiger partial charge in [0.2, 0.25) is 0 Å². The molecule has 1 rings (SSSR count). The van der Waals surface area contributed by atoms with E-state index >= 15 is 0 Å². The molecule has 1 aromatic carbocycles. The number of hydrogen-bond donors (Lipinski definition) is 0. The lowest BCUT2D eigenvalue weighted by Gasteiger charge is -2.29. The molecule has 0 saturated carbocycles. The number of rotatable bonds is 8. The van der Waals surface area contributed by atoms with Crippen molar-refractivity contribution >= 4 is 17.4 Å². The van der Waals surface area contributed by atoms with Crippen molar-refractivity contribution in [3.63, 3.8) is 0 Å². The Morgan fingerprint density at radius 2 is 2.05 bits per heavy atom. The van der Waals surface area contributed by atoms with Crippen molar-refractivity contribution in [1.82, 2.24) is 9.80 Å². The molecule has 0 aliphatic carbocycles. The summed E-state index contributed by atoms with van der Waals surface area (Å²) >= 11 is 6.08. The largest absolute Gasteiger partial charge is 0.495 e. The molecule has 0 heterocycles. The first-order chi connectivity index (χ1) is 9.88. The normalized spacial score (nSPS) is 12.8. The van der Waals surface area contributed by atoms with Crippen LogP contribution in [0, 0.1) is 0 Å². The molecule has 0 fully saturated rings. The van der Waals surface area contributed by atoms with E-state index in [0.29, 0.717) is 28.9 Å². The van der Waals surface area contributed by atoms with Crippen molar-refractivity contribution in [2.45, 2.75) is 19.9 Å². The number of nitrogens with zero attached hydrogens (tertiary/aromatic N) is 2. The lowest BCUT2D eigenvalue weighted by atomic mass is 10.1. The van der Waals surface area contributed by atoms with Crippen LogP contribution in [0.25, 0.3) is 0 Å². The fourth-order valence-electron chi connectivity index (χ4n) is 2.34. The molecule has 0 saturated heterocycles. The average molecular weight is 313 g/mol. The van der Waals surface area contributed by atoms with Crippen molar-refractivity contribution in [3.05, 3.63) is 28.8 Å². The summed E-state index contributed by atoms with van der Waals surface area (Å²) in [6, 6.07) is 5.49. The Morgan fingerprint density at radius 3 is 2.52 bits per heavy atom. The van der Waals surface area contributed by atoms with Gasteiger partial charge in [0.1, 0.15) is 5.75 Å². The highest BCUT2D eigenvalue weighted by Crippen LogP contribution is 2.25. The Hall–Kier alpha value is -1.10. The van der Waals surface area contributed by atoms with Crippen LogP contribution in [0.15, 0.2) is 18.2 Å². The van der Waals surface area contributed by atoms with Crippen LogP contribution in [0.3, 0.4) is 0 Å². The number of methoxy groups -OCH3 is 1. The van der Waals surface area contributed by atoms with Crippen molar-refractivity contribution in [2.24, 2.45) is 0 Å². The van der Waals surface area contributed by atoms with Crippen LogP contribution in [0.4, 0.5) is 0 Å². The maximum Gasteiger partial charge on any atom is 0.176 e. The molecule has 0 bridgehead atoms. The highest BCUT2D eigenvalue weighted by molar-refractivity contribution is 6.32. The Kier molecular flexibility index (Phi) is 7.15. The van der Waals surface area contributed by atoms with Crippen LogP contribution in [0.5, 0.6) is 5.75 Å². The molecule has 0 radical (unpaired) electrons. The van der Waals surface area contributed by atoms with Crippen molar-refractivity contribution in [2.75, 3.05) is 40.8 Å². The van der Waals surface area contributed by atoms with Gasteiger partial charge in [-0.2, -0.15) is 0 Å². The molecule has 118 valence electrons. The second-order valence-corrected chi connectivity index (χ2v) is 5.85. The molecule has 5 heteroatoms. The first-order valence-corrected chi connectivity index (χ1v) is 7.52. The molecule has 4 nitrogen and oxygen atoms in total. The second-order valence-electron chi connectivity index (χ2n) is 5.45. The molecular weight excluding hydrogens is 288 g/mol. The quantitative estimate of drug-likeness (QED) is 0.691. The minimum atomic E-state index is 0.0759. The standard InChI is InChI=1S/C16H25ClN2O2/c1-6-19(12(2)10-18(3)4)11-15(20)13-7-8-16(21-5)14(17)9-13/h7-9,12H,6,10-11H2,1-5H3. The Morgan fingerprint density at radius 1 is 1.38 bits per heavy atom. The zero-order chi connectivity index (χ0) is 16.0. The minimum absolute atomic E-state index is 0.0759. The van der Waals surface area contributed by atoms with Gasteiger partial charge in [-0.05, 0) is 45.8 Å². The fourth-order valence-corrected chi connectivity index (χ4v) is 2.60. The molecule has 21 heavy (non-hydrogen) atoms. The lowest BCUT2D eigenvalue weighted by Crippen LogP contribution is -2.42. The highest BCUT2D eigenvalue weighted by atomic mass is 35.5. The molecule has 0 N–H and O–H groups in total. The predicted octanol–water partition coefficient (Wildman–Crippen LogP) is 2.80. The summed E-state index contributed by atoms with van der Waals surface area (Å²) in [6.45, 7) is 6.36. The molecule has 0 aliphatic heterocycles. The first kappa shape index (κ1) is 18.0.